The lowest BCUT2D eigenvalue weighted by Gasteiger charge is -2.19. The minimum atomic E-state index is 0.825. The minimum Gasteiger partial charge on any atom is -0.253 e. The third-order valence-corrected chi connectivity index (χ3v) is 3.76. The van der Waals surface area contributed by atoms with E-state index in [4.69, 9.17) is 4.98 Å². The van der Waals surface area contributed by atoms with Gasteiger partial charge >= 0.3 is 0 Å². The number of aromatic nitrogens is 1. The zero-order chi connectivity index (χ0) is 11.0. The van der Waals surface area contributed by atoms with E-state index in [2.05, 4.69) is 36.9 Å². The van der Waals surface area contributed by atoms with Crippen molar-refractivity contribution >= 4 is 23.5 Å². The molecule has 2 aromatic rings. The van der Waals surface area contributed by atoms with Crippen molar-refractivity contribution in [1.82, 2.24) is 4.98 Å². The van der Waals surface area contributed by atoms with E-state index >= 15 is 0 Å². The monoisotopic (exact) mass is 229 g/mol. The number of hydrogen-bond donors (Lipinski definition) is 1. The van der Waals surface area contributed by atoms with E-state index in [0.29, 0.717) is 0 Å². The van der Waals surface area contributed by atoms with Crippen LogP contribution in [0.4, 0.5) is 0 Å². The molecule has 0 atom stereocenters. The fourth-order valence-electron chi connectivity index (χ4n) is 2.65. The molecule has 16 heavy (non-hydrogen) atoms. The largest absolute Gasteiger partial charge is 0.253 e. The third-order valence-electron chi connectivity index (χ3n) is 3.45. The second-order valence-corrected chi connectivity index (χ2v) is 4.71. The first kappa shape index (κ1) is 10.2. The molecule has 1 heterocycles. The molecule has 0 N–H and O–H groups in total. The first-order valence-electron chi connectivity index (χ1n) is 5.90. The number of para-hydroxylation sites is 1. The van der Waals surface area contributed by atoms with Crippen LogP contribution < -0.4 is 0 Å². The summed E-state index contributed by atoms with van der Waals surface area (Å²) in [5, 5.41) is 1.29. The van der Waals surface area contributed by atoms with Crippen LogP contribution in [-0.4, -0.2) is 4.98 Å². The van der Waals surface area contributed by atoms with Gasteiger partial charge in [-0.1, -0.05) is 18.2 Å². The van der Waals surface area contributed by atoms with Gasteiger partial charge in [0.15, 0.2) is 0 Å². The lowest BCUT2D eigenvalue weighted by Crippen LogP contribution is -2.09. The summed E-state index contributed by atoms with van der Waals surface area (Å²) in [6.45, 7) is 0. The summed E-state index contributed by atoms with van der Waals surface area (Å²) in [6, 6.07) is 8.43. The Morgan fingerprint density at radius 1 is 1.12 bits per heavy atom. The predicted octanol–water partition coefficient (Wildman–Crippen LogP) is 3.54. The van der Waals surface area contributed by atoms with Gasteiger partial charge in [-0.2, -0.15) is 12.6 Å². The van der Waals surface area contributed by atoms with Gasteiger partial charge in [0.2, 0.25) is 0 Å². The Labute approximate surface area is 101 Å². The molecule has 2 heteroatoms. The Balaban J connectivity index is 2.35. The molecule has 1 aliphatic rings. The lowest BCUT2D eigenvalue weighted by atomic mass is 9.90. The first-order valence-corrected chi connectivity index (χ1v) is 6.53. The molecular weight excluding hydrogens is 214 g/mol. The summed E-state index contributed by atoms with van der Waals surface area (Å²) in [4.78, 5) is 4.79. The molecule has 1 aromatic heterocycles. The third kappa shape index (κ3) is 1.52. The van der Waals surface area contributed by atoms with Crippen molar-refractivity contribution in [2.75, 3.05) is 0 Å². The zero-order valence-corrected chi connectivity index (χ0v) is 10.1. The zero-order valence-electron chi connectivity index (χ0n) is 9.24. The van der Waals surface area contributed by atoms with Crippen LogP contribution >= 0.6 is 12.6 Å². The molecule has 3 rings (SSSR count). The number of fused-ring (bicyclic) bond motifs is 2. The van der Waals surface area contributed by atoms with Gasteiger partial charge in [-0.15, -0.1) is 0 Å². The molecule has 0 spiro atoms. The SMILES string of the molecule is SCc1c2c(nc3ccccc13)CCCC2. The summed E-state index contributed by atoms with van der Waals surface area (Å²) >= 11 is 4.49. The smallest absolute Gasteiger partial charge is 0.0708 e. The summed E-state index contributed by atoms with van der Waals surface area (Å²) in [5.41, 5.74) is 5.32. The van der Waals surface area contributed by atoms with E-state index in [9.17, 15) is 0 Å². The number of aryl methyl sites for hydroxylation is 1. The Kier molecular flexibility index (Phi) is 2.60. The normalized spacial score (nSPS) is 15.1. The van der Waals surface area contributed by atoms with Gasteiger partial charge in [0, 0.05) is 16.8 Å². The summed E-state index contributed by atoms with van der Waals surface area (Å²) in [7, 11) is 0. The quantitative estimate of drug-likeness (QED) is 0.738. The molecule has 0 fully saturated rings. The molecule has 1 nitrogen and oxygen atoms in total. The number of thiol groups is 1. The van der Waals surface area contributed by atoms with Crippen LogP contribution in [-0.2, 0) is 18.6 Å². The second kappa shape index (κ2) is 4.10. The van der Waals surface area contributed by atoms with E-state index in [-0.39, 0.29) is 0 Å². The van der Waals surface area contributed by atoms with Gasteiger partial charge < -0.3 is 0 Å². The Hall–Kier alpha value is -1.02. The molecule has 0 unspecified atom stereocenters. The summed E-state index contributed by atoms with van der Waals surface area (Å²) < 4.78 is 0. The van der Waals surface area contributed by atoms with Crippen LogP contribution in [0, 0.1) is 0 Å². The average molecular weight is 229 g/mol. The van der Waals surface area contributed by atoms with Crippen molar-refractivity contribution < 1.29 is 0 Å². The van der Waals surface area contributed by atoms with Crippen LogP contribution in [0.1, 0.15) is 29.7 Å². The first-order chi connectivity index (χ1) is 7.90. The second-order valence-electron chi connectivity index (χ2n) is 4.40. The highest BCUT2D eigenvalue weighted by Gasteiger charge is 2.16. The summed E-state index contributed by atoms with van der Waals surface area (Å²) in [5.74, 6) is 0.825. The van der Waals surface area contributed by atoms with Crippen LogP contribution in [0.25, 0.3) is 10.9 Å². The van der Waals surface area contributed by atoms with E-state index < -0.39 is 0 Å². The maximum Gasteiger partial charge on any atom is 0.0708 e. The molecule has 1 aliphatic carbocycles. The predicted molar refractivity (Wildman–Crippen MR) is 71.1 cm³/mol. The highest BCUT2D eigenvalue weighted by Crippen LogP contribution is 2.29. The van der Waals surface area contributed by atoms with Crippen molar-refractivity contribution in [3.8, 4) is 0 Å². The van der Waals surface area contributed by atoms with Gasteiger partial charge in [-0.05, 0) is 42.9 Å². The minimum absolute atomic E-state index is 0.825. The topological polar surface area (TPSA) is 12.9 Å². The number of pyridine rings is 1. The maximum atomic E-state index is 4.79. The number of rotatable bonds is 1. The van der Waals surface area contributed by atoms with Gasteiger partial charge in [0.25, 0.3) is 0 Å². The van der Waals surface area contributed by atoms with Crippen molar-refractivity contribution in [3.05, 3.63) is 41.1 Å². The lowest BCUT2D eigenvalue weighted by molar-refractivity contribution is 0.667. The highest BCUT2D eigenvalue weighted by molar-refractivity contribution is 7.79. The van der Waals surface area contributed by atoms with E-state index in [0.717, 1.165) is 17.7 Å². The molecule has 82 valence electrons. The van der Waals surface area contributed by atoms with Crippen LogP contribution in [0.5, 0.6) is 0 Å². The molecule has 0 aliphatic heterocycles. The molecule has 0 saturated carbocycles. The molecule has 0 radical (unpaired) electrons. The number of benzene rings is 1. The van der Waals surface area contributed by atoms with Crippen molar-refractivity contribution in [2.24, 2.45) is 0 Å². The van der Waals surface area contributed by atoms with E-state index in [1.165, 1.54) is 41.5 Å². The van der Waals surface area contributed by atoms with Gasteiger partial charge in [-0.3, -0.25) is 4.98 Å². The maximum absolute atomic E-state index is 4.79. The van der Waals surface area contributed by atoms with Crippen molar-refractivity contribution in [3.63, 3.8) is 0 Å². The Morgan fingerprint density at radius 2 is 1.94 bits per heavy atom. The number of hydrogen-bond acceptors (Lipinski definition) is 2. The van der Waals surface area contributed by atoms with Gasteiger partial charge in [0.05, 0.1) is 5.52 Å². The Bertz CT molecular complexity index is 533. The Morgan fingerprint density at radius 3 is 2.81 bits per heavy atom. The average Bonchev–Trinajstić information content (AvgIpc) is 2.36. The van der Waals surface area contributed by atoms with Crippen LogP contribution in [0.3, 0.4) is 0 Å². The van der Waals surface area contributed by atoms with Crippen LogP contribution in [0.2, 0.25) is 0 Å². The number of nitrogens with zero attached hydrogens (tertiary/aromatic N) is 1. The molecule has 0 amide bonds. The van der Waals surface area contributed by atoms with Gasteiger partial charge in [0.1, 0.15) is 0 Å². The standard InChI is InChI=1S/C14H15NS/c16-9-12-10-5-1-3-7-13(10)15-14-8-4-2-6-11(12)14/h1,3,5,7,16H,2,4,6,8-9H2. The molecular formula is C14H15NS. The van der Waals surface area contributed by atoms with Crippen molar-refractivity contribution in [1.29, 1.82) is 0 Å². The van der Waals surface area contributed by atoms with E-state index in [1.54, 1.807) is 0 Å². The molecule has 0 saturated heterocycles. The fraction of sp³-hybridized carbons (Fsp3) is 0.357. The van der Waals surface area contributed by atoms with Crippen LogP contribution in [0.15, 0.2) is 24.3 Å². The fourth-order valence-corrected chi connectivity index (χ4v) is 3.01. The summed E-state index contributed by atoms with van der Waals surface area (Å²) in [6.07, 6.45) is 4.90. The molecule has 0 bridgehead atoms. The molecule has 1 aromatic carbocycles. The van der Waals surface area contributed by atoms with Gasteiger partial charge in [-0.25, -0.2) is 0 Å². The van der Waals surface area contributed by atoms with E-state index in [1.807, 2.05) is 0 Å². The highest BCUT2D eigenvalue weighted by atomic mass is 32.1. The van der Waals surface area contributed by atoms with Crippen molar-refractivity contribution in [2.45, 2.75) is 31.4 Å².